The van der Waals surface area contributed by atoms with Crippen LogP contribution in [0.3, 0.4) is 0 Å². The van der Waals surface area contributed by atoms with Crippen molar-refractivity contribution in [1.29, 1.82) is 0 Å². The summed E-state index contributed by atoms with van der Waals surface area (Å²) in [5.41, 5.74) is 1.04. The van der Waals surface area contributed by atoms with E-state index >= 15 is 0 Å². The lowest BCUT2D eigenvalue weighted by Gasteiger charge is -2.06. The second kappa shape index (κ2) is 5.25. The van der Waals surface area contributed by atoms with Crippen LogP contribution in [0.2, 0.25) is 5.02 Å². The maximum absolute atomic E-state index is 11.9. The minimum atomic E-state index is -0.247. The Kier molecular flexibility index (Phi) is 3.71. The summed E-state index contributed by atoms with van der Waals surface area (Å²) in [6.07, 6.45) is 4.44. The molecule has 0 spiro atoms. The molecule has 1 N–H and O–H groups in total. The highest BCUT2D eigenvalue weighted by Gasteiger charge is 2.10. The molecule has 0 aliphatic rings. The van der Waals surface area contributed by atoms with E-state index in [1.165, 1.54) is 18.7 Å². The largest absolute Gasteiger partial charge is 0.319 e. The zero-order valence-electron chi connectivity index (χ0n) is 8.52. The number of carbonyl (C=O) groups excluding carboxylic acids is 1. The molecule has 2 rings (SSSR count). The fraction of sp³-hybridized carbons (Fsp3) is 0. The van der Waals surface area contributed by atoms with Crippen molar-refractivity contribution in [3.63, 3.8) is 0 Å². The molecule has 0 atom stereocenters. The van der Waals surface area contributed by atoms with E-state index in [1.807, 2.05) is 0 Å². The molecule has 1 aromatic carbocycles. The molecule has 0 unspecified atom stereocenters. The molecule has 0 aliphatic carbocycles. The molecule has 0 saturated heterocycles. The third-order valence-corrected chi connectivity index (χ3v) is 2.89. The van der Waals surface area contributed by atoms with Crippen molar-refractivity contribution in [3.8, 4) is 0 Å². The molecule has 2 aromatic rings. The normalized spacial score (nSPS) is 10.0. The summed E-state index contributed by atoms with van der Waals surface area (Å²) in [4.78, 5) is 19.5. The van der Waals surface area contributed by atoms with E-state index in [9.17, 15) is 4.79 Å². The Morgan fingerprint density at radius 1 is 1.29 bits per heavy atom. The Bertz CT molecular complexity index is 548. The Morgan fingerprint density at radius 3 is 2.65 bits per heavy atom. The van der Waals surface area contributed by atoms with Crippen LogP contribution in [0, 0.1) is 0 Å². The van der Waals surface area contributed by atoms with Crippen molar-refractivity contribution in [2.45, 2.75) is 0 Å². The van der Waals surface area contributed by atoms with Crippen molar-refractivity contribution in [1.82, 2.24) is 9.97 Å². The lowest BCUT2D eigenvalue weighted by Crippen LogP contribution is -2.12. The second-order valence-electron chi connectivity index (χ2n) is 3.21. The molecule has 17 heavy (non-hydrogen) atoms. The summed E-state index contributed by atoms with van der Waals surface area (Å²) < 4.78 is 0.638. The van der Waals surface area contributed by atoms with Crippen LogP contribution >= 0.6 is 27.5 Å². The number of hydrogen-bond donors (Lipinski definition) is 1. The number of carbonyl (C=O) groups is 1. The topological polar surface area (TPSA) is 54.9 Å². The van der Waals surface area contributed by atoms with E-state index in [1.54, 1.807) is 18.2 Å². The Labute approximate surface area is 111 Å². The molecule has 0 radical (unpaired) electrons. The smallest absolute Gasteiger partial charge is 0.256 e. The van der Waals surface area contributed by atoms with Gasteiger partial charge in [-0.15, -0.1) is 0 Å². The molecule has 0 saturated carbocycles. The molecular weight excluding hydrogens is 305 g/mol. The fourth-order valence-electron chi connectivity index (χ4n) is 1.24. The van der Waals surface area contributed by atoms with Gasteiger partial charge in [-0.1, -0.05) is 11.6 Å². The lowest BCUT2D eigenvalue weighted by molar-refractivity contribution is 0.102. The third kappa shape index (κ3) is 3.01. The van der Waals surface area contributed by atoms with E-state index < -0.39 is 0 Å². The molecule has 1 aromatic heterocycles. The molecule has 0 bridgehead atoms. The predicted octanol–water partition coefficient (Wildman–Crippen LogP) is 3.14. The average Bonchev–Trinajstić information content (AvgIpc) is 2.30. The van der Waals surface area contributed by atoms with Crippen molar-refractivity contribution in [3.05, 3.63) is 52.0 Å². The van der Waals surface area contributed by atoms with Crippen LogP contribution in [-0.4, -0.2) is 15.9 Å². The summed E-state index contributed by atoms with van der Waals surface area (Å²) in [7, 11) is 0. The SMILES string of the molecule is O=C(Nc1cncnc1)c1ccc(Cl)cc1Br. The number of benzene rings is 1. The first kappa shape index (κ1) is 12.0. The molecule has 6 heteroatoms. The average molecular weight is 313 g/mol. The molecule has 0 fully saturated rings. The van der Waals surface area contributed by atoms with Crippen molar-refractivity contribution >= 4 is 39.1 Å². The Hall–Kier alpha value is -1.46. The fourth-order valence-corrected chi connectivity index (χ4v) is 2.10. The van der Waals surface area contributed by atoms with Crippen LogP contribution in [-0.2, 0) is 0 Å². The van der Waals surface area contributed by atoms with Gasteiger partial charge in [-0.05, 0) is 34.1 Å². The number of aromatic nitrogens is 2. The number of amides is 1. The quantitative estimate of drug-likeness (QED) is 0.927. The molecule has 86 valence electrons. The molecule has 4 nitrogen and oxygen atoms in total. The van der Waals surface area contributed by atoms with Gasteiger partial charge in [0.25, 0.3) is 5.91 Å². The van der Waals surface area contributed by atoms with E-state index in [0.29, 0.717) is 20.7 Å². The number of anilines is 1. The first-order valence-electron chi connectivity index (χ1n) is 4.68. The highest BCUT2D eigenvalue weighted by atomic mass is 79.9. The molecule has 1 amide bonds. The van der Waals surface area contributed by atoms with Gasteiger partial charge < -0.3 is 5.32 Å². The van der Waals surface area contributed by atoms with Crippen LogP contribution < -0.4 is 5.32 Å². The molecule has 0 aliphatic heterocycles. The summed E-state index contributed by atoms with van der Waals surface area (Å²) in [6, 6.07) is 4.96. The van der Waals surface area contributed by atoms with Crippen LogP contribution in [0.1, 0.15) is 10.4 Å². The Balaban J connectivity index is 2.21. The van der Waals surface area contributed by atoms with Gasteiger partial charge >= 0.3 is 0 Å². The van der Waals surface area contributed by atoms with Crippen LogP contribution in [0.25, 0.3) is 0 Å². The van der Waals surface area contributed by atoms with Gasteiger partial charge in [-0.2, -0.15) is 0 Å². The maximum atomic E-state index is 11.9. The highest BCUT2D eigenvalue weighted by molar-refractivity contribution is 9.10. The van der Waals surface area contributed by atoms with Gasteiger partial charge in [0, 0.05) is 9.50 Å². The van der Waals surface area contributed by atoms with E-state index in [4.69, 9.17) is 11.6 Å². The zero-order chi connectivity index (χ0) is 12.3. The number of halogens is 2. The van der Waals surface area contributed by atoms with Gasteiger partial charge in [0.15, 0.2) is 0 Å². The number of nitrogens with zero attached hydrogens (tertiary/aromatic N) is 2. The van der Waals surface area contributed by atoms with Gasteiger partial charge in [-0.25, -0.2) is 9.97 Å². The van der Waals surface area contributed by atoms with Crippen molar-refractivity contribution in [2.75, 3.05) is 5.32 Å². The van der Waals surface area contributed by atoms with Gasteiger partial charge in [-0.3, -0.25) is 4.79 Å². The first-order chi connectivity index (χ1) is 8.16. The predicted molar refractivity (Wildman–Crippen MR) is 69.1 cm³/mol. The van der Waals surface area contributed by atoms with Crippen LogP contribution in [0.5, 0.6) is 0 Å². The first-order valence-corrected chi connectivity index (χ1v) is 5.85. The third-order valence-electron chi connectivity index (χ3n) is 1.99. The Morgan fingerprint density at radius 2 is 2.00 bits per heavy atom. The summed E-state index contributed by atoms with van der Waals surface area (Å²) >= 11 is 9.08. The monoisotopic (exact) mass is 311 g/mol. The van der Waals surface area contributed by atoms with Crippen LogP contribution in [0.15, 0.2) is 41.4 Å². The number of rotatable bonds is 2. The number of nitrogens with one attached hydrogen (secondary N) is 1. The highest BCUT2D eigenvalue weighted by Crippen LogP contribution is 2.22. The zero-order valence-corrected chi connectivity index (χ0v) is 10.9. The van der Waals surface area contributed by atoms with Crippen molar-refractivity contribution < 1.29 is 4.79 Å². The van der Waals surface area contributed by atoms with Crippen molar-refractivity contribution in [2.24, 2.45) is 0 Å². The van der Waals surface area contributed by atoms with Gasteiger partial charge in [0.2, 0.25) is 0 Å². The minimum absolute atomic E-state index is 0.247. The van der Waals surface area contributed by atoms with Gasteiger partial charge in [0.05, 0.1) is 23.6 Å². The minimum Gasteiger partial charge on any atom is -0.319 e. The maximum Gasteiger partial charge on any atom is 0.256 e. The number of hydrogen-bond acceptors (Lipinski definition) is 3. The van der Waals surface area contributed by atoms with E-state index in [0.717, 1.165) is 0 Å². The van der Waals surface area contributed by atoms with E-state index in [2.05, 4.69) is 31.2 Å². The van der Waals surface area contributed by atoms with E-state index in [-0.39, 0.29) is 5.91 Å². The second-order valence-corrected chi connectivity index (χ2v) is 4.50. The lowest BCUT2D eigenvalue weighted by atomic mass is 10.2. The van der Waals surface area contributed by atoms with Crippen LogP contribution in [0.4, 0.5) is 5.69 Å². The summed E-state index contributed by atoms with van der Waals surface area (Å²) in [5.74, 6) is -0.247. The molecule has 1 heterocycles. The van der Waals surface area contributed by atoms with Gasteiger partial charge in [0.1, 0.15) is 6.33 Å². The standard InChI is InChI=1S/C11H7BrClN3O/c12-10-3-7(13)1-2-9(10)11(17)16-8-4-14-6-15-5-8/h1-6H,(H,16,17). The summed E-state index contributed by atoms with van der Waals surface area (Å²) in [5, 5.41) is 3.25. The molecular formula is C11H7BrClN3O. The summed E-state index contributed by atoms with van der Waals surface area (Å²) in [6.45, 7) is 0.